The number of carbonyl (C=O) groups is 2. The van der Waals surface area contributed by atoms with E-state index in [9.17, 15) is 9.59 Å². The molecular formula is C12H16N4O3. The zero-order valence-electron chi connectivity index (χ0n) is 10.8. The Hall–Kier alpha value is -2.54. The smallest absolute Gasteiger partial charge is 0.326 e. The van der Waals surface area contributed by atoms with Gasteiger partial charge in [0, 0.05) is 12.7 Å². The lowest BCUT2D eigenvalue weighted by Crippen LogP contribution is -2.44. The van der Waals surface area contributed by atoms with Crippen LogP contribution < -0.4 is 10.6 Å². The van der Waals surface area contributed by atoms with Crippen molar-refractivity contribution in [2.24, 2.45) is 5.92 Å². The Labute approximate surface area is 111 Å². The first kappa shape index (κ1) is 16.5. The summed E-state index contributed by atoms with van der Waals surface area (Å²) in [6.07, 6.45) is 1.41. The van der Waals surface area contributed by atoms with E-state index in [0.29, 0.717) is 6.54 Å². The lowest BCUT2D eigenvalue weighted by atomic mass is 10.0. The summed E-state index contributed by atoms with van der Waals surface area (Å²) >= 11 is 0. The summed E-state index contributed by atoms with van der Waals surface area (Å²) in [5, 5.41) is 31.0. The second kappa shape index (κ2) is 8.54. The van der Waals surface area contributed by atoms with Crippen LogP contribution in [0.15, 0.2) is 11.8 Å². The maximum Gasteiger partial charge on any atom is 0.326 e. The number of nitrogens with zero attached hydrogens (tertiary/aromatic N) is 2. The van der Waals surface area contributed by atoms with E-state index in [2.05, 4.69) is 10.6 Å². The van der Waals surface area contributed by atoms with E-state index >= 15 is 0 Å². The van der Waals surface area contributed by atoms with Crippen LogP contribution in [-0.2, 0) is 9.59 Å². The Morgan fingerprint density at radius 1 is 1.37 bits per heavy atom. The van der Waals surface area contributed by atoms with Gasteiger partial charge in [0.2, 0.25) is 0 Å². The number of amides is 1. The first-order valence-corrected chi connectivity index (χ1v) is 5.68. The first-order chi connectivity index (χ1) is 8.93. The van der Waals surface area contributed by atoms with Crippen LogP contribution in [0.5, 0.6) is 0 Å². The van der Waals surface area contributed by atoms with E-state index < -0.39 is 17.9 Å². The van der Waals surface area contributed by atoms with Gasteiger partial charge < -0.3 is 15.7 Å². The van der Waals surface area contributed by atoms with Gasteiger partial charge in [-0.15, -0.1) is 0 Å². The molecule has 0 aliphatic carbocycles. The molecule has 0 saturated heterocycles. The maximum atomic E-state index is 11.7. The molecule has 0 aromatic carbocycles. The lowest BCUT2D eigenvalue weighted by Gasteiger charge is -2.17. The number of nitrogens with one attached hydrogen (secondary N) is 2. The molecule has 1 amide bonds. The van der Waals surface area contributed by atoms with E-state index in [-0.39, 0.29) is 17.9 Å². The van der Waals surface area contributed by atoms with Crippen LogP contribution in [0.25, 0.3) is 0 Å². The normalized spacial score (nSPS) is 12.2. The molecule has 1 atom stereocenters. The second-order valence-electron chi connectivity index (χ2n) is 4.07. The van der Waals surface area contributed by atoms with Gasteiger partial charge in [0.1, 0.15) is 17.7 Å². The maximum absolute atomic E-state index is 11.7. The van der Waals surface area contributed by atoms with Gasteiger partial charge in [-0.25, -0.2) is 4.79 Å². The number of rotatable bonds is 7. The molecule has 3 N–H and O–H groups in total. The van der Waals surface area contributed by atoms with Gasteiger partial charge in [-0.2, -0.15) is 10.5 Å². The van der Waals surface area contributed by atoms with Crippen molar-refractivity contribution in [2.45, 2.75) is 26.3 Å². The average molecular weight is 264 g/mol. The van der Waals surface area contributed by atoms with Crippen LogP contribution in [0, 0.1) is 28.6 Å². The molecule has 19 heavy (non-hydrogen) atoms. The summed E-state index contributed by atoms with van der Waals surface area (Å²) in [6, 6.07) is 2.52. The van der Waals surface area contributed by atoms with Gasteiger partial charge in [-0.3, -0.25) is 4.79 Å². The highest BCUT2D eigenvalue weighted by atomic mass is 16.4. The van der Waals surface area contributed by atoms with Crippen molar-refractivity contribution >= 4 is 11.9 Å². The molecule has 0 aromatic rings. The highest BCUT2D eigenvalue weighted by molar-refractivity contribution is 5.99. The van der Waals surface area contributed by atoms with Gasteiger partial charge in [-0.05, 0) is 5.92 Å². The molecular weight excluding hydrogens is 248 g/mol. The minimum Gasteiger partial charge on any atom is -0.480 e. The molecule has 0 aliphatic rings. The van der Waals surface area contributed by atoms with Gasteiger partial charge in [0.05, 0.1) is 12.5 Å². The number of aliphatic carboxylic acids is 1. The van der Waals surface area contributed by atoms with Crippen LogP contribution in [0.4, 0.5) is 0 Å². The number of carboxylic acid groups (broad SMARTS) is 1. The van der Waals surface area contributed by atoms with E-state index in [1.54, 1.807) is 19.9 Å². The van der Waals surface area contributed by atoms with E-state index in [0.717, 1.165) is 0 Å². The van der Waals surface area contributed by atoms with Gasteiger partial charge in [-0.1, -0.05) is 13.8 Å². The Morgan fingerprint density at radius 3 is 2.42 bits per heavy atom. The minimum absolute atomic E-state index is 0.232. The molecule has 0 aliphatic heterocycles. The lowest BCUT2D eigenvalue weighted by molar-refractivity contribution is -0.142. The van der Waals surface area contributed by atoms with Gasteiger partial charge >= 0.3 is 5.97 Å². The molecule has 0 saturated carbocycles. The fourth-order valence-corrected chi connectivity index (χ4v) is 1.18. The minimum atomic E-state index is -1.15. The van der Waals surface area contributed by atoms with E-state index in [1.807, 2.05) is 6.07 Å². The van der Waals surface area contributed by atoms with Crippen molar-refractivity contribution in [3.05, 3.63) is 11.8 Å². The van der Waals surface area contributed by atoms with Gasteiger partial charge in [0.15, 0.2) is 0 Å². The topological polar surface area (TPSA) is 126 Å². The molecule has 102 valence electrons. The van der Waals surface area contributed by atoms with Crippen LogP contribution in [0.1, 0.15) is 20.3 Å². The molecule has 0 aromatic heterocycles. The summed E-state index contributed by atoms with van der Waals surface area (Å²) in [5.41, 5.74) is -0.232. The fourth-order valence-electron chi connectivity index (χ4n) is 1.18. The van der Waals surface area contributed by atoms with Crippen molar-refractivity contribution in [2.75, 3.05) is 6.54 Å². The predicted molar refractivity (Wildman–Crippen MR) is 66.3 cm³/mol. The summed E-state index contributed by atoms with van der Waals surface area (Å²) < 4.78 is 0. The number of carboxylic acids is 1. The summed E-state index contributed by atoms with van der Waals surface area (Å²) in [7, 11) is 0. The Kier molecular flexibility index (Phi) is 7.39. The molecule has 0 rings (SSSR count). The Balaban J connectivity index is 4.64. The van der Waals surface area contributed by atoms with Crippen LogP contribution in [0.3, 0.4) is 0 Å². The standard InChI is InChI=1S/C12H16N4O3/c1-8(2)10(12(18)19)16-11(17)9(6-14)7-15-5-3-4-13/h7-8,10,15H,3,5H2,1-2H3,(H,16,17)(H,18,19)/b9-7-. The number of hydrogen-bond donors (Lipinski definition) is 3. The number of nitriles is 2. The van der Waals surface area contributed by atoms with Crippen molar-refractivity contribution in [3.8, 4) is 12.1 Å². The molecule has 0 bridgehead atoms. The molecule has 1 unspecified atom stereocenters. The molecule has 0 radical (unpaired) electrons. The van der Waals surface area contributed by atoms with E-state index in [4.69, 9.17) is 15.6 Å². The highest BCUT2D eigenvalue weighted by Crippen LogP contribution is 2.03. The highest BCUT2D eigenvalue weighted by Gasteiger charge is 2.24. The first-order valence-electron chi connectivity index (χ1n) is 5.68. The quantitative estimate of drug-likeness (QED) is 0.340. The second-order valence-corrected chi connectivity index (χ2v) is 4.07. The van der Waals surface area contributed by atoms with E-state index in [1.165, 1.54) is 6.20 Å². The molecule has 0 fully saturated rings. The predicted octanol–water partition coefficient (Wildman–Crippen LogP) is 0.123. The Bertz CT molecular complexity index is 443. The largest absolute Gasteiger partial charge is 0.480 e. The van der Waals surface area contributed by atoms with Crippen molar-refractivity contribution in [1.82, 2.24) is 10.6 Å². The van der Waals surface area contributed by atoms with Crippen LogP contribution >= 0.6 is 0 Å². The van der Waals surface area contributed by atoms with Crippen LogP contribution in [0.2, 0.25) is 0 Å². The number of hydrogen-bond acceptors (Lipinski definition) is 5. The van der Waals surface area contributed by atoms with Crippen LogP contribution in [-0.4, -0.2) is 29.6 Å². The molecule has 7 nitrogen and oxygen atoms in total. The fraction of sp³-hybridized carbons (Fsp3) is 0.500. The summed E-state index contributed by atoms with van der Waals surface area (Å²) in [5.74, 6) is -2.21. The molecule has 7 heteroatoms. The third-order valence-corrected chi connectivity index (χ3v) is 2.21. The zero-order valence-corrected chi connectivity index (χ0v) is 10.8. The summed E-state index contributed by atoms with van der Waals surface area (Å²) in [4.78, 5) is 22.6. The third-order valence-electron chi connectivity index (χ3n) is 2.21. The van der Waals surface area contributed by atoms with Crippen molar-refractivity contribution < 1.29 is 14.7 Å². The zero-order chi connectivity index (χ0) is 14.8. The monoisotopic (exact) mass is 264 g/mol. The van der Waals surface area contributed by atoms with Crippen molar-refractivity contribution in [3.63, 3.8) is 0 Å². The Morgan fingerprint density at radius 2 is 2.00 bits per heavy atom. The number of carbonyl (C=O) groups excluding carboxylic acids is 1. The van der Waals surface area contributed by atoms with Gasteiger partial charge in [0.25, 0.3) is 5.91 Å². The van der Waals surface area contributed by atoms with Crippen molar-refractivity contribution in [1.29, 1.82) is 10.5 Å². The molecule has 0 heterocycles. The third kappa shape index (κ3) is 6.08. The average Bonchev–Trinajstić information content (AvgIpc) is 2.35. The SMILES string of the molecule is CC(C)C(NC(=O)/C(C#N)=C\NCCC#N)C(=O)O. The molecule has 0 spiro atoms. The summed E-state index contributed by atoms with van der Waals surface area (Å²) in [6.45, 7) is 3.61.